The summed E-state index contributed by atoms with van der Waals surface area (Å²) in [4.78, 5) is 0. The third kappa shape index (κ3) is 19.6. The number of nitrogens with one attached hydrogen (secondary N) is 4. The summed E-state index contributed by atoms with van der Waals surface area (Å²) in [6, 6.07) is 0. The molecule has 0 amide bonds. The molecule has 0 atom stereocenters. The largest absolute Gasteiger partial charge is 0.413 e. The van der Waals surface area contributed by atoms with Crippen molar-refractivity contribution in [3.8, 4) is 0 Å². The van der Waals surface area contributed by atoms with E-state index in [9.17, 15) is 16.8 Å². The van der Waals surface area contributed by atoms with Gasteiger partial charge in [-0.1, -0.05) is 0 Å². The number of rotatable bonds is 2. The van der Waals surface area contributed by atoms with Crippen molar-refractivity contribution >= 4 is 20.8 Å². The second-order valence-electron chi connectivity index (χ2n) is 3.92. The topological polar surface area (TPSA) is 166 Å². The Labute approximate surface area is 124 Å². The molecule has 0 aromatic rings. The monoisotopic (exact) mass is 350 g/mol. The number of hydrogen-bond acceptors (Lipinski definition) is 9. The smallest absolute Gasteiger partial charge is 0.314 e. The van der Waals surface area contributed by atoms with E-state index in [4.69, 9.17) is 9.11 Å². The van der Waals surface area contributed by atoms with Crippen molar-refractivity contribution in [2.24, 2.45) is 0 Å². The zero-order chi connectivity index (χ0) is 16.2. The van der Waals surface area contributed by atoms with Crippen LogP contribution in [-0.4, -0.2) is 78.3 Å². The molecule has 13 heteroatoms. The van der Waals surface area contributed by atoms with Crippen molar-refractivity contribution < 1.29 is 29.6 Å². The van der Waals surface area contributed by atoms with E-state index in [1.807, 2.05) is 0 Å². The van der Waals surface area contributed by atoms with Gasteiger partial charge >= 0.3 is 20.8 Å². The maximum Gasteiger partial charge on any atom is 0.413 e. The molecule has 0 spiro atoms. The van der Waals surface area contributed by atoms with Crippen LogP contribution in [0.1, 0.15) is 0 Å². The Kier molecular flexibility index (Phi) is 11.0. The predicted molar refractivity (Wildman–Crippen MR) is 75.7 cm³/mol. The van der Waals surface area contributed by atoms with Gasteiger partial charge in [-0.15, -0.1) is 3.63 Å². The molecular weight excluding hydrogens is 328 g/mol. The highest BCUT2D eigenvalue weighted by molar-refractivity contribution is 7.94. The lowest BCUT2D eigenvalue weighted by Gasteiger charge is -2.11. The molecule has 0 aromatic carbocycles. The summed E-state index contributed by atoms with van der Waals surface area (Å²) in [7, 11) is -10.2. The van der Waals surface area contributed by atoms with Crippen molar-refractivity contribution in [2.45, 2.75) is 0 Å². The standard InChI is InChI=1S/C8H20N4.H2O7S2/c1-2-10-5-6-12-8-7-11-4-3-9-1;1-8(2,3)7-9(4,5)6/h9-12H,1-8H2;(H,1,2,3)(H,4,5,6). The van der Waals surface area contributed by atoms with Gasteiger partial charge in [0.1, 0.15) is 0 Å². The first-order valence-electron chi connectivity index (χ1n) is 6.19. The normalized spacial score (nSPS) is 19.5. The van der Waals surface area contributed by atoms with E-state index in [1.165, 1.54) is 0 Å². The van der Waals surface area contributed by atoms with Crippen molar-refractivity contribution in [3.63, 3.8) is 0 Å². The SMILES string of the molecule is C1CNCCNCCNCCN1.O=S(=O)(O)OS(=O)(=O)O. The van der Waals surface area contributed by atoms with Crippen molar-refractivity contribution in [1.82, 2.24) is 21.3 Å². The van der Waals surface area contributed by atoms with Gasteiger partial charge in [0.2, 0.25) is 0 Å². The summed E-state index contributed by atoms with van der Waals surface area (Å²) in [5, 5.41) is 13.4. The van der Waals surface area contributed by atoms with E-state index in [0.29, 0.717) is 0 Å². The van der Waals surface area contributed by atoms with Gasteiger partial charge in [-0.3, -0.25) is 9.11 Å². The summed E-state index contributed by atoms with van der Waals surface area (Å²) >= 11 is 0. The lowest BCUT2D eigenvalue weighted by Crippen LogP contribution is -2.39. The molecule has 1 heterocycles. The van der Waals surface area contributed by atoms with E-state index >= 15 is 0 Å². The third-order valence-electron chi connectivity index (χ3n) is 2.09. The Morgan fingerprint density at radius 1 is 0.571 bits per heavy atom. The van der Waals surface area contributed by atoms with Crippen LogP contribution in [0.4, 0.5) is 0 Å². The molecule has 11 nitrogen and oxygen atoms in total. The average molecular weight is 350 g/mol. The Morgan fingerprint density at radius 2 is 0.762 bits per heavy atom. The average Bonchev–Trinajstić information content (AvgIpc) is 2.25. The predicted octanol–water partition coefficient (Wildman–Crippen LogP) is -3.03. The van der Waals surface area contributed by atoms with Crippen LogP contribution in [0.5, 0.6) is 0 Å². The minimum absolute atomic E-state index is 1.07. The van der Waals surface area contributed by atoms with Crippen LogP contribution in [-0.2, 0) is 24.4 Å². The first-order valence-corrected chi connectivity index (χ1v) is 8.92. The summed E-state index contributed by atoms with van der Waals surface area (Å²) in [5.41, 5.74) is 0. The van der Waals surface area contributed by atoms with Crippen molar-refractivity contribution in [3.05, 3.63) is 0 Å². The number of hydrogen-bond donors (Lipinski definition) is 6. The molecule has 0 bridgehead atoms. The minimum atomic E-state index is -5.12. The van der Waals surface area contributed by atoms with E-state index in [-0.39, 0.29) is 0 Å². The van der Waals surface area contributed by atoms with E-state index in [2.05, 4.69) is 24.9 Å². The maximum atomic E-state index is 9.44. The minimum Gasteiger partial charge on any atom is -0.314 e. The molecule has 0 aliphatic carbocycles. The molecule has 1 fully saturated rings. The van der Waals surface area contributed by atoms with Crippen molar-refractivity contribution in [1.29, 1.82) is 0 Å². The summed E-state index contributed by atoms with van der Waals surface area (Å²) in [6.07, 6.45) is 0. The zero-order valence-electron chi connectivity index (χ0n) is 11.4. The van der Waals surface area contributed by atoms with Crippen LogP contribution in [0, 0.1) is 0 Å². The fraction of sp³-hybridized carbons (Fsp3) is 1.00. The Hall–Kier alpha value is -0.380. The molecule has 1 aliphatic heterocycles. The van der Waals surface area contributed by atoms with Gasteiger partial charge in [-0.2, -0.15) is 16.8 Å². The van der Waals surface area contributed by atoms with Gasteiger partial charge in [-0.05, 0) is 0 Å². The van der Waals surface area contributed by atoms with Gasteiger partial charge in [0, 0.05) is 52.4 Å². The lowest BCUT2D eigenvalue weighted by molar-refractivity contribution is 0.344. The first kappa shape index (κ1) is 20.6. The second-order valence-corrected chi connectivity index (χ2v) is 6.18. The molecule has 1 rings (SSSR count). The quantitative estimate of drug-likeness (QED) is 0.280. The van der Waals surface area contributed by atoms with Crippen LogP contribution >= 0.6 is 0 Å². The molecule has 21 heavy (non-hydrogen) atoms. The van der Waals surface area contributed by atoms with E-state index in [1.54, 1.807) is 0 Å². The zero-order valence-corrected chi connectivity index (χ0v) is 13.0. The Morgan fingerprint density at radius 3 is 0.857 bits per heavy atom. The fourth-order valence-electron chi connectivity index (χ4n) is 1.32. The first-order chi connectivity index (χ1) is 9.71. The highest BCUT2D eigenvalue weighted by Crippen LogP contribution is 1.91. The molecule has 0 saturated carbocycles. The van der Waals surface area contributed by atoms with E-state index in [0.717, 1.165) is 52.4 Å². The van der Waals surface area contributed by atoms with Gasteiger partial charge in [-0.25, -0.2) is 0 Å². The fourth-order valence-corrected chi connectivity index (χ4v) is 2.19. The summed E-state index contributed by atoms with van der Waals surface area (Å²) in [5.74, 6) is 0. The highest BCUT2D eigenvalue weighted by atomic mass is 32.3. The summed E-state index contributed by atoms with van der Waals surface area (Å²) < 4.78 is 55.6. The van der Waals surface area contributed by atoms with Crippen LogP contribution in [0.25, 0.3) is 0 Å². The van der Waals surface area contributed by atoms with E-state index < -0.39 is 20.8 Å². The third-order valence-corrected chi connectivity index (χ3v) is 3.46. The van der Waals surface area contributed by atoms with Crippen LogP contribution < -0.4 is 21.3 Å². The van der Waals surface area contributed by atoms with Crippen LogP contribution in [0.2, 0.25) is 0 Å². The second kappa shape index (κ2) is 11.2. The molecule has 0 radical (unpaired) electrons. The van der Waals surface area contributed by atoms with Crippen LogP contribution in [0.3, 0.4) is 0 Å². The van der Waals surface area contributed by atoms with Gasteiger partial charge in [0.15, 0.2) is 0 Å². The molecule has 128 valence electrons. The maximum absolute atomic E-state index is 9.44. The molecule has 0 aromatic heterocycles. The van der Waals surface area contributed by atoms with Crippen molar-refractivity contribution in [2.75, 3.05) is 52.4 Å². The van der Waals surface area contributed by atoms with Gasteiger partial charge < -0.3 is 21.3 Å². The Balaban J connectivity index is 0.000000400. The molecule has 6 N–H and O–H groups in total. The highest BCUT2D eigenvalue weighted by Gasteiger charge is 2.15. The van der Waals surface area contributed by atoms with Gasteiger partial charge in [0.05, 0.1) is 0 Å². The Bertz CT molecular complexity index is 380. The van der Waals surface area contributed by atoms with Crippen LogP contribution in [0.15, 0.2) is 0 Å². The molecule has 1 saturated heterocycles. The van der Waals surface area contributed by atoms with Gasteiger partial charge in [0.25, 0.3) is 0 Å². The molecule has 1 aliphatic rings. The molecule has 0 unspecified atom stereocenters. The summed E-state index contributed by atoms with van der Waals surface area (Å²) in [6.45, 7) is 8.57. The molecular formula is C8H22N4O7S2. The lowest BCUT2D eigenvalue weighted by atomic mass is 10.4.